The standard InChI is InChI=1S/C14H23BrN2OS/c1-17(8-11-6-13(15)19-9-11)14(10-16)5-3-4-12(7-14)18-2/h6,9,12H,3-5,7-8,10,16H2,1-2H3. The van der Waals surface area contributed by atoms with Crippen molar-refractivity contribution >= 4 is 27.3 Å². The monoisotopic (exact) mass is 346 g/mol. The summed E-state index contributed by atoms with van der Waals surface area (Å²) in [6.07, 6.45) is 4.94. The lowest BCUT2D eigenvalue weighted by atomic mass is 9.78. The summed E-state index contributed by atoms with van der Waals surface area (Å²) in [6, 6.07) is 2.20. The predicted octanol–water partition coefficient (Wildman–Crippen LogP) is 3.23. The minimum atomic E-state index is 0.0906. The zero-order valence-electron chi connectivity index (χ0n) is 11.7. The van der Waals surface area contributed by atoms with Gasteiger partial charge in [0.25, 0.3) is 0 Å². The van der Waals surface area contributed by atoms with Crippen molar-refractivity contribution in [1.29, 1.82) is 0 Å². The number of likely N-dealkylation sites (N-methyl/N-ethyl adjacent to an activating group) is 1. The van der Waals surface area contributed by atoms with Gasteiger partial charge in [0.2, 0.25) is 0 Å². The van der Waals surface area contributed by atoms with Gasteiger partial charge in [-0.25, -0.2) is 0 Å². The van der Waals surface area contributed by atoms with Gasteiger partial charge in [-0.2, -0.15) is 0 Å². The van der Waals surface area contributed by atoms with Crippen molar-refractivity contribution in [3.05, 3.63) is 20.8 Å². The topological polar surface area (TPSA) is 38.5 Å². The summed E-state index contributed by atoms with van der Waals surface area (Å²) in [4.78, 5) is 2.42. The van der Waals surface area contributed by atoms with Crippen LogP contribution in [0.4, 0.5) is 0 Å². The van der Waals surface area contributed by atoms with Crippen molar-refractivity contribution in [2.24, 2.45) is 5.73 Å². The molecule has 1 heterocycles. The molecule has 0 amide bonds. The first-order chi connectivity index (χ1) is 9.09. The Balaban J connectivity index is 2.07. The summed E-state index contributed by atoms with van der Waals surface area (Å²) in [5.74, 6) is 0. The summed E-state index contributed by atoms with van der Waals surface area (Å²) < 4.78 is 6.76. The van der Waals surface area contributed by atoms with Crippen LogP contribution in [0.3, 0.4) is 0 Å². The smallest absolute Gasteiger partial charge is 0.0701 e. The maximum atomic E-state index is 6.11. The van der Waals surface area contributed by atoms with Crippen molar-refractivity contribution in [1.82, 2.24) is 4.90 Å². The molecule has 0 aromatic carbocycles. The van der Waals surface area contributed by atoms with E-state index in [0.717, 1.165) is 19.4 Å². The summed E-state index contributed by atoms with van der Waals surface area (Å²) in [7, 11) is 4.00. The van der Waals surface area contributed by atoms with Crippen LogP contribution in [0.1, 0.15) is 31.2 Å². The average molecular weight is 347 g/mol. The second kappa shape index (κ2) is 6.68. The van der Waals surface area contributed by atoms with Crippen LogP contribution in [0.2, 0.25) is 0 Å². The molecule has 19 heavy (non-hydrogen) atoms. The molecule has 2 atom stereocenters. The van der Waals surface area contributed by atoms with E-state index in [9.17, 15) is 0 Å². The molecule has 0 aliphatic heterocycles. The third kappa shape index (κ3) is 3.58. The highest BCUT2D eigenvalue weighted by Gasteiger charge is 2.38. The average Bonchev–Trinajstić information content (AvgIpc) is 2.84. The predicted molar refractivity (Wildman–Crippen MR) is 84.5 cm³/mol. The minimum absolute atomic E-state index is 0.0906. The first-order valence-corrected chi connectivity index (χ1v) is 8.44. The van der Waals surface area contributed by atoms with Gasteiger partial charge in [0, 0.05) is 25.7 Å². The summed E-state index contributed by atoms with van der Waals surface area (Å²) >= 11 is 5.26. The molecule has 1 aliphatic rings. The molecule has 0 bridgehead atoms. The Hall–Kier alpha value is 0.0600. The van der Waals surface area contributed by atoms with Crippen molar-refractivity contribution < 1.29 is 4.74 Å². The largest absolute Gasteiger partial charge is 0.381 e. The van der Waals surface area contributed by atoms with Gasteiger partial charge in [-0.15, -0.1) is 11.3 Å². The van der Waals surface area contributed by atoms with E-state index in [0.29, 0.717) is 12.6 Å². The molecule has 3 nitrogen and oxygen atoms in total. The van der Waals surface area contributed by atoms with Gasteiger partial charge in [-0.1, -0.05) is 0 Å². The van der Waals surface area contributed by atoms with Crippen LogP contribution in [-0.2, 0) is 11.3 Å². The highest BCUT2D eigenvalue weighted by Crippen LogP contribution is 2.35. The second-order valence-electron chi connectivity index (χ2n) is 5.50. The highest BCUT2D eigenvalue weighted by atomic mass is 79.9. The van der Waals surface area contributed by atoms with Crippen LogP contribution < -0.4 is 5.73 Å². The van der Waals surface area contributed by atoms with Crippen molar-refractivity contribution in [2.45, 2.75) is 43.9 Å². The Kier molecular flexibility index (Phi) is 5.43. The van der Waals surface area contributed by atoms with E-state index >= 15 is 0 Å². The van der Waals surface area contributed by atoms with Gasteiger partial charge < -0.3 is 10.5 Å². The van der Waals surface area contributed by atoms with Crippen LogP contribution in [0.5, 0.6) is 0 Å². The van der Waals surface area contributed by atoms with Crippen molar-refractivity contribution in [3.8, 4) is 0 Å². The molecule has 5 heteroatoms. The lowest BCUT2D eigenvalue weighted by molar-refractivity contribution is -0.0148. The fourth-order valence-corrected chi connectivity index (χ4v) is 4.25. The molecule has 1 aromatic rings. The highest BCUT2D eigenvalue weighted by molar-refractivity contribution is 9.11. The molecule has 2 unspecified atom stereocenters. The van der Waals surface area contributed by atoms with Gasteiger partial charge in [0.05, 0.1) is 9.89 Å². The Bertz CT molecular complexity index is 412. The van der Waals surface area contributed by atoms with E-state index in [1.54, 1.807) is 11.3 Å². The first kappa shape index (κ1) is 15.4. The van der Waals surface area contributed by atoms with Gasteiger partial charge in [0.1, 0.15) is 0 Å². The van der Waals surface area contributed by atoms with E-state index in [1.165, 1.54) is 22.2 Å². The minimum Gasteiger partial charge on any atom is -0.381 e. The first-order valence-electron chi connectivity index (χ1n) is 6.76. The maximum absolute atomic E-state index is 6.11. The molecule has 1 fully saturated rings. The summed E-state index contributed by atoms with van der Waals surface area (Å²) in [5.41, 5.74) is 7.56. The summed E-state index contributed by atoms with van der Waals surface area (Å²) in [5, 5.41) is 2.21. The molecule has 1 aromatic heterocycles. The lowest BCUT2D eigenvalue weighted by Crippen LogP contribution is -2.55. The quantitative estimate of drug-likeness (QED) is 0.889. The Morgan fingerprint density at radius 1 is 1.63 bits per heavy atom. The third-order valence-corrected chi connectivity index (χ3v) is 5.89. The van der Waals surface area contributed by atoms with Crippen LogP contribution in [0.25, 0.3) is 0 Å². The number of hydrogen-bond donors (Lipinski definition) is 1. The normalized spacial score (nSPS) is 27.9. The SMILES string of the molecule is COC1CCCC(CN)(N(C)Cc2csc(Br)c2)C1. The van der Waals surface area contributed by atoms with Gasteiger partial charge in [-0.3, -0.25) is 4.90 Å². The van der Waals surface area contributed by atoms with Crippen molar-refractivity contribution in [2.75, 3.05) is 20.7 Å². The van der Waals surface area contributed by atoms with Crippen molar-refractivity contribution in [3.63, 3.8) is 0 Å². The van der Waals surface area contributed by atoms with E-state index in [4.69, 9.17) is 10.5 Å². The molecular weight excluding hydrogens is 324 g/mol. The van der Waals surface area contributed by atoms with Crippen LogP contribution >= 0.6 is 27.3 Å². The number of ether oxygens (including phenoxy) is 1. The third-order valence-electron chi connectivity index (χ3n) is 4.34. The van der Waals surface area contributed by atoms with E-state index in [1.807, 2.05) is 7.11 Å². The number of thiophene rings is 1. The molecule has 0 spiro atoms. The fourth-order valence-electron chi connectivity index (χ4n) is 3.05. The number of hydrogen-bond acceptors (Lipinski definition) is 4. The zero-order chi connectivity index (χ0) is 13.9. The Morgan fingerprint density at radius 3 is 3.00 bits per heavy atom. The fraction of sp³-hybridized carbons (Fsp3) is 0.714. The van der Waals surface area contributed by atoms with E-state index in [2.05, 4.69) is 39.3 Å². The van der Waals surface area contributed by atoms with Crippen LogP contribution in [0.15, 0.2) is 15.2 Å². The Labute approximate surface area is 128 Å². The number of nitrogens with two attached hydrogens (primary N) is 1. The zero-order valence-corrected chi connectivity index (χ0v) is 14.1. The molecule has 1 aliphatic carbocycles. The molecule has 0 saturated heterocycles. The number of methoxy groups -OCH3 is 1. The number of rotatable bonds is 5. The van der Waals surface area contributed by atoms with Crippen LogP contribution in [0, 0.1) is 0 Å². The molecule has 0 radical (unpaired) electrons. The number of nitrogens with zero attached hydrogens (tertiary/aromatic N) is 1. The Morgan fingerprint density at radius 2 is 2.42 bits per heavy atom. The lowest BCUT2D eigenvalue weighted by Gasteiger charge is -2.46. The maximum Gasteiger partial charge on any atom is 0.0701 e. The second-order valence-corrected chi connectivity index (χ2v) is 7.79. The molecular formula is C14H23BrN2OS. The molecule has 108 valence electrons. The number of halogens is 1. The van der Waals surface area contributed by atoms with E-state index in [-0.39, 0.29) is 5.54 Å². The van der Waals surface area contributed by atoms with E-state index < -0.39 is 0 Å². The van der Waals surface area contributed by atoms with Gasteiger partial charge in [-0.05, 0) is 65.7 Å². The van der Waals surface area contributed by atoms with Gasteiger partial charge >= 0.3 is 0 Å². The molecule has 2 N–H and O–H groups in total. The van der Waals surface area contributed by atoms with Gasteiger partial charge in [0.15, 0.2) is 0 Å². The molecule has 1 saturated carbocycles. The summed E-state index contributed by atoms with van der Waals surface area (Å²) in [6.45, 7) is 1.66. The van der Waals surface area contributed by atoms with Crippen LogP contribution in [-0.4, -0.2) is 37.2 Å². The molecule has 2 rings (SSSR count).